The Kier molecular flexibility index (Phi) is 6.52. The van der Waals surface area contributed by atoms with Gasteiger partial charge >= 0.3 is 0 Å². The monoisotopic (exact) mass is 416 g/mol. The van der Waals surface area contributed by atoms with Gasteiger partial charge in [0, 0.05) is 44.1 Å². The third kappa shape index (κ3) is 4.72. The summed E-state index contributed by atoms with van der Waals surface area (Å²) >= 11 is 0. The second-order valence-electron chi connectivity index (χ2n) is 8.57. The molecule has 162 valence electrons. The number of fused-ring (bicyclic) bond motifs is 1. The van der Waals surface area contributed by atoms with Crippen LogP contribution in [0.5, 0.6) is 0 Å². The van der Waals surface area contributed by atoms with Gasteiger partial charge < -0.3 is 4.90 Å². The molecule has 0 bridgehead atoms. The first kappa shape index (κ1) is 21.3. The van der Waals surface area contributed by atoms with Gasteiger partial charge in [-0.2, -0.15) is 5.10 Å². The zero-order valence-electron chi connectivity index (χ0n) is 18.8. The number of nitrogens with zero attached hydrogens (tertiary/aromatic N) is 4. The van der Waals surface area contributed by atoms with Crippen LogP contribution in [-0.4, -0.2) is 38.6 Å². The lowest BCUT2D eigenvalue weighted by Crippen LogP contribution is -2.35. The number of para-hydroxylation sites is 1. The summed E-state index contributed by atoms with van der Waals surface area (Å²) in [5, 5.41) is 5.03. The number of benzene rings is 2. The topological polar surface area (TPSA) is 41.4 Å². The van der Waals surface area contributed by atoms with Crippen LogP contribution in [0.3, 0.4) is 0 Å². The van der Waals surface area contributed by atoms with Crippen LogP contribution in [0.25, 0.3) is 5.69 Å². The Bertz CT molecular complexity index is 1010. The molecule has 3 aromatic rings. The summed E-state index contributed by atoms with van der Waals surface area (Å²) in [5.74, 6) is 0.170. The van der Waals surface area contributed by atoms with Crippen molar-refractivity contribution in [2.45, 2.75) is 46.8 Å². The highest BCUT2D eigenvalue weighted by Crippen LogP contribution is 2.27. The highest BCUT2D eigenvalue weighted by molar-refractivity contribution is 5.78. The predicted molar refractivity (Wildman–Crippen MR) is 124 cm³/mol. The van der Waals surface area contributed by atoms with Gasteiger partial charge in [0.05, 0.1) is 23.6 Å². The molecule has 0 fully saturated rings. The van der Waals surface area contributed by atoms with Crippen molar-refractivity contribution in [3.05, 3.63) is 83.2 Å². The summed E-state index contributed by atoms with van der Waals surface area (Å²) in [6.45, 7) is 10.0. The molecule has 1 aliphatic rings. The van der Waals surface area contributed by atoms with Gasteiger partial charge in [-0.15, -0.1) is 0 Å². The van der Waals surface area contributed by atoms with E-state index in [1.807, 2.05) is 43.9 Å². The highest BCUT2D eigenvalue weighted by Gasteiger charge is 2.27. The van der Waals surface area contributed by atoms with Crippen molar-refractivity contribution in [3.63, 3.8) is 0 Å². The van der Waals surface area contributed by atoms with E-state index < -0.39 is 0 Å². The maximum atomic E-state index is 12.7. The van der Waals surface area contributed by atoms with Crippen LogP contribution in [-0.2, 0) is 30.8 Å². The van der Waals surface area contributed by atoms with E-state index in [2.05, 4.69) is 52.0 Å². The van der Waals surface area contributed by atoms with Crippen LogP contribution in [0.1, 0.15) is 43.3 Å². The fraction of sp³-hybridized carbons (Fsp3) is 0.385. The second-order valence-corrected chi connectivity index (χ2v) is 8.57. The van der Waals surface area contributed by atoms with Gasteiger partial charge in [-0.05, 0) is 24.6 Å². The Morgan fingerprint density at radius 1 is 1.06 bits per heavy atom. The minimum absolute atomic E-state index is 0.0124. The van der Waals surface area contributed by atoms with Crippen molar-refractivity contribution in [3.8, 4) is 5.69 Å². The Morgan fingerprint density at radius 2 is 1.74 bits per heavy atom. The number of amides is 1. The third-order valence-electron chi connectivity index (χ3n) is 6.00. The lowest BCUT2D eigenvalue weighted by Gasteiger charge is -2.28. The molecule has 1 amide bonds. The molecule has 0 saturated heterocycles. The van der Waals surface area contributed by atoms with Crippen LogP contribution < -0.4 is 0 Å². The molecular weight excluding hydrogens is 384 g/mol. The van der Waals surface area contributed by atoms with E-state index in [-0.39, 0.29) is 11.8 Å². The SMILES string of the molecule is CCN(Cc1nn(-c2ccccc2)c2c1CN(Cc1ccccc1)CC2)C(=O)C(C)C. The normalized spacial score (nSPS) is 13.9. The maximum absolute atomic E-state index is 12.7. The molecular formula is C26H32N4O. The Labute approximate surface area is 185 Å². The van der Waals surface area contributed by atoms with E-state index in [0.29, 0.717) is 13.1 Å². The first-order valence-electron chi connectivity index (χ1n) is 11.3. The average Bonchev–Trinajstić information content (AvgIpc) is 3.16. The minimum Gasteiger partial charge on any atom is -0.337 e. The van der Waals surface area contributed by atoms with E-state index in [1.165, 1.54) is 16.8 Å². The van der Waals surface area contributed by atoms with E-state index >= 15 is 0 Å². The first-order valence-corrected chi connectivity index (χ1v) is 11.3. The number of hydrogen-bond acceptors (Lipinski definition) is 3. The number of carbonyl (C=O) groups excluding carboxylic acids is 1. The first-order chi connectivity index (χ1) is 15.1. The summed E-state index contributed by atoms with van der Waals surface area (Å²) in [7, 11) is 0. The largest absolute Gasteiger partial charge is 0.337 e. The zero-order valence-corrected chi connectivity index (χ0v) is 18.8. The molecule has 4 rings (SSSR count). The Hall–Kier alpha value is -2.92. The maximum Gasteiger partial charge on any atom is 0.225 e. The molecule has 5 heteroatoms. The number of aromatic nitrogens is 2. The average molecular weight is 417 g/mol. The second kappa shape index (κ2) is 9.48. The van der Waals surface area contributed by atoms with Crippen LogP contribution >= 0.6 is 0 Å². The van der Waals surface area contributed by atoms with Gasteiger partial charge in [0.25, 0.3) is 0 Å². The molecule has 2 aromatic carbocycles. The summed E-state index contributed by atoms with van der Waals surface area (Å²) in [4.78, 5) is 17.1. The molecule has 31 heavy (non-hydrogen) atoms. The van der Waals surface area contributed by atoms with Gasteiger partial charge in [-0.3, -0.25) is 9.69 Å². The Morgan fingerprint density at radius 3 is 2.39 bits per heavy atom. The fourth-order valence-corrected chi connectivity index (χ4v) is 4.32. The van der Waals surface area contributed by atoms with Crippen LogP contribution in [0.15, 0.2) is 60.7 Å². The molecule has 0 saturated carbocycles. The summed E-state index contributed by atoms with van der Waals surface area (Å²) in [6, 6.07) is 21.0. The van der Waals surface area contributed by atoms with Crippen molar-refractivity contribution < 1.29 is 4.79 Å². The summed E-state index contributed by atoms with van der Waals surface area (Å²) in [5.41, 5.74) is 5.99. The third-order valence-corrected chi connectivity index (χ3v) is 6.00. The van der Waals surface area contributed by atoms with Crippen molar-refractivity contribution in [1.29, 1.82) is 0 Å². The highest BCUT2D eigenvalue weighted by atomic mass is 16.2. The molecule has 0 spiro atoms. The van der Waals surface area contributed by atoms with E-state index in [1.54, 1.807) is 0 Å². The van der Waals surface area contributed by atoms with Crippen LogP contribution in [0.4, 0.5) is 0 Å². The molecule has 0 N–H and O–H groups in total. The van der Waals surface area contributed by atoms with E-state index in [0.717, 1.165) is 37.4 Å². The van der Waals surface area contributed by atoms with Crippen molar-refractivity contribution >= 4 is 5.91 Å². The Balaban J connectivity index is 1.66. The van der Waals surface area contributed by atoms with E-state index in [4.69, 9.17) is 5.10 Å². The summed E-state index contributed by atoms with van der Waals surface area (Å²) in [6.07, 6.45) is 0.953. The lowest BCUT2D eigenvalue weighted by atomic mass is 10.0. The molecule has 0 atom stereocenters. The van der Waals surface area contributed by atoms with E-state index in [9.17, 15) is 4.79 Å². The van der Waals surface area contributed by atoms with Gasteiger partial charge in [0.1, 0.15) is 0 Å². The standard InChI is InChI=1S/C26H32N4O/c1-4-29(26(31)20(2)3)19-24-23-18-28(17-21-11-7-5-8-12-21)16-15-25(23)30(27-24)22-13-9-6-10-14-22/h5-14,20H,4,15-19H2,1-3H3. The molecule has 2 heterocycles. The molecule has 0 radical (unpaired) electrons. The molecule has 5 nitrogen and oxygen atoms in total. The van der Waals surface area contributed by atoms with Gasteiger partial charge in [0.2, 0.25) is 5.91 Å². The molecule has 0 aliphatic carbocycles. The van der Waals surface area contributed by atoms with Crippen LogP contribution in [0.2, 0.25) is 0 Å². The van der Waals surface area contributed by atoms with Crippen molar-refractivity contribution in [2.24, 2.45) is 5.92 Å². The molecule has 0 unspecified atom stereocenters. The van der Waals surface area contributed by atoms with Crippen molar-refractivity contribution in [1.82, 2.24) is 19.6 Å². The quantitative estimate of drug-likeness (QED) is 0.572. The van der Waals surface area contributed by atoms with Gasteiger partial charge in [0.15, 0.2) is 0 Å². The molecule has 1 aromatic heterocycles. The zero-order chi connectivity index (χ0) is 21.8. The summed E-state index contributed by atoms with van der Waals surface area (Å²) < 4.78 is 2.10. The van der Waals surface area contributed by atoms with Gasteiger partial charge in [-0.25, -0.2) is 4.68 Å². The van der Waals surface area contributed by atoms with Crippen molar-refractivity contribution in [2.75, 3.05) is 13.1 Å². The predicted octanol–water partition coefficient (Wildman–Crippen LogP) is 4.44. The van der Waals surface area contributed by atoms with Crippen LogP contribution in [0, 0.1) is 5.92 Å². The minimum atomic E-state index is -0.0124. The number of carbonyl (C=O) groups is 1. The number of hydrogen-bond donors (Lipinski definition) is 0. The smallest absolute Gasteiger partial charge is 0.225 e. The molecule has 1 aliphatic heterocycles. The fourth-order valence-electron chi connectivity index (χ4n) is 4.32. The number of rotatable bonds is 7. The lowest BCUT2D eigenvalue weighted by molar-refractivity contribution is -0.134. The van der Waals surface area contributed by atoms with Gasteiger partial charge in [-0.1, -0.05) is 62.4 Å².